The molecule has 0 unspecified atom stereocenters. The molecule has 0 aliphatic carbocycles. The van der Waals surface area contributed by atoms with Crippen LogP contribution in [0.5, 0.6) is 11.5 Å². The summed E-state index contributed by atoms with van der Waals surface area (Å²) in [4.78, 5) is 15.8. The number of hydrogen-bond acceptors (Lipinski definition) is 2. The van der Waals surface area contributed by atoms with E-state index in [1.807, 2.05) is 6.07 Å². The number of urea groups is 1. The molecule has 4 rings (SSSR count). The number of amides is 2. The van der Waals surface area contributed by atoms with Crippen molar-refractivity contribution in [2.24, 2.45) is 0 Å². The average molecular weight is 516 g/mol. The average Bonchev–Trinajstić information content (AvgIpc) is 2.80. The van der Waals surface area contributed by atoms with Gasteiger partial charge < -0.3 is 15.4 Å². The van der Waals surface area contributed by atoms with E-state index in [1.165, 1.54) is 12.1 Å². The van der Waals surface area contributed by atoms with E-state index in [-0.39, 0.29) is 10.7 Å². The second-order valence-corrected chi connectivity index (χ2v) is 8.10. The van der Waals surface area contributed by atoms with Crippen LogP contribution in [0.2, 0.25) is 10.0 Å². The van der Waals surface area contributed by atoms with Crippen molar-refractivity contribution < 1.29 is 22.7 Å². The molecule has 2 amide bonds. The largest absolute Gasteiger partial charge is 0.457 e. The number of fused-ring (bicyclic) bond motifs is 1. The molecule has 0 spiro atoms. The van der Waals surface area contributed by atoms with E-state index in [9.17, 15) is 18.0 Å². The minimum absolute atomic E-state index is 0.0665. The number of nitrogens with one attached hydrogen (secondary N) is 2. The molecule has 0 fully saturated rings. The molecule has 0 radical (unpaired) electrons. The zero-order valence-corrected chi connectivity index (χ0v) is 19.1. The highest BCUT2D eigenvalue weighted by Gasteiger charge is 2.33. The van der Waals surface area contributed by atoms with Crippen LogP contribution in [0.15, 0.2) is 72.8 Å². The molecule has 2 N–H and O–H groups in total. The highest BCUT2D eigenvalue weighted by atomic mass is 35.5. The second kappa shape index (κ2) is 9.74. The van der Waals surface area contributed by atoms with Crippen molar-refractivity contribution in [1.82, 2.24) is 0 Å². The van der Waals surface area contributed by atoms with Crippen molar-refractivity contribution in [3.63, 3.8) is 0 Å². The standard InChI is InChI=1S/C25H14Cl2F3N3O2/c1-31-23-10-8-17(13-21(23)27)35-16-7-5-14-3-2-4-22(18(14)12-16)33-24(34)32-15-6-9-20(26)19(11-15)25(28,29)30/h2-13H,(H2,32,33,34). The van der Waals surface area contributed by atoms with Gasteiger partial charge in [-0.2, -0.15) is 13.2 Å². The van der Waals surface area contributed by atoms with E-state index < -0.39 is 22.8 Å². The van der Waals surface area contributed by atoms with Crippen LogP contribution in [0, 0.1) is 6.57 Å². The van der Waals surface area contributed by atoms with Crippen LogP contribution in [0.3, 0.4) is 0 Å². The Labute approximate surface area is 207 Å². The van der Waals surface area contributed by atoms with Gasteiger partial charge in [-0.05, 0) is 53.9 Å². The van der Waals surface area contributed by atoms with Gasteiger partial charge >= 0.3 is 12.2 Å². The number of rotatable bonds is 4. The SMILES string of the molecule is [C-]#[N+]c1ccc(Oc2ccc3cccc(NC(=O)Nc4ccc(Cl)c(C(F)(F)F)c4)c3c2)cc1Cl. The molecular weight excluding hydrogens is 502 g/mol. The van der Waals surface area contributed by atoms with Crippen molar-refractivity contribution in [2.45, 2.75) is 6.18 Å². The van der Waals surface area contributed by atoms with E-state index in [4.69, 9.17) is 34.5 Å². The van der Waals surface area contributed by atoms with E-state index in [0.717, 1.165) is 17.5 Å². The summed E-state index contributed by atoms with van der Waals surface area (Å²) in [5.41, 5.74) is -0.397. The molecule has 4 aromatic rings. The number of hydrogen-bond donors (Lipinski definition) is 2. The van der Waals surface area contributed by atoms with Gasteiger partial charge in [0.15, 0.2) is 0 Å². The fourth-order valence-corrected chi connectivity index (χ4v) is 3.74. The predicted octanol–water partition coefficient (Wildman–Crippen LogP) is 9.15. The van der Waals surface area contributed by atoms with Gasteiger partial charge in [0.2, 0.25) is 5.69 Å². The molecule has 0 aliphatic heterocycles. The van der Waals surface area contributed by atoms with Gasteiger partial charge in [-0.15, -0.1) is 0 Å². The number of halogens is 5. The Morgan fingerprint density at radius 1 is 0.886 bits per heavy atom. The molecular formula is C25H14Cl2F3N3O2. The molecule has 4 aromatic carbocycles. The highest BCUT2D eigenvalue weighted by molar-refractivity contribution is 6.33. The summed E-state index contributed by atoms with van der Waals surface area (Å²) in [5, 5.41) is 6.26. The number of alkyl halides is 3. The van der Waals surface area contributed by atoms with E-state index in [1.54, 1.807) is 42.5 Å². The Kier molecular flexibility index (Phi) is 6.74. The van der Waals surface area contributed by atoms with E-state index in [0.29, 0.717) is 28.3 Å². The number of carbonyl (C=O) groups excluding carboxylic acids is 1. The first kappa shape index (κ1) is 24.2. The van der Waals surface area contributed by atoms with Crippen LogP contribution in [0.4, 0.5) is 35.0 Å². The summed E-state index contributed by atoms with van der Waals surface area (Å²) in [6.07, 6.45) is -4.65. The maximum Gasteiger partial charge on any atom is 0.417 e. The fourth-order valence-electron chi connectivity index (χ4n) is 3.31. The normalized spacial score (nSPS) is 11.1. The summed E-state index contributed by atoms with van der Waals surface area (Å²) in [5.74, 6) is 0.874. The van der Waals surface area contributed by atoms with Crippen molar-refractivity contribution in [3.8, 4) is 11.5 Å². The van der Waals surface area contributed by atoms with Crippen molar-refractivity contribution in [1.29, 1.82) is 0 Å². The van der Waals surface area contributed by atoms with E-state index in [2.05, 4.69) is 15.5 Å². The van der Waals surface area contributed by atoms with Crippen LogP contribution in [0.25, 0.3) is 15.6 Å². The van der Waals surface area contributed by atoms with Crippen molar-refractivity contribution in [3.05, 3.63) is 99.8 Å². The molecule has 0 saturated heterocycles. The van der Waals surface area contributed by atoms with Crippen LogP contribution < -0.4 is 15.4 Å². The van der Waals surface area contributed by atoms with Gasteiger partial charge in [0.1, 0.15) is 11.5 Å². The van der Waals surface area contributed by atoms with Gasteiger partial charge in [-0.3, -0.25) is 0 Å². The van der Waals surface area contributed by atoms with Crippen molar-refractivity contribution in [2.75, 3.05) is 10.6 Å². The lowest BCUT2D eigenvalue weighted by atomic mass is 10.1. The van der Waals surface area contributed by atoms with Gasteiger partial charge in [0.05, 0.1) is 27.9 Å². The molecule has 0 saturated carbocycles. The number of nitrogens with zero attached hydrogens (tertiary/aromatic N) is 1. The lowest BCUT2D eigenvalue weighted by molar-refractivity contribution is -0.137. The smallest absolute Gasteiger partial charge is 0.417 e. The van der Waals surface area contributed by atoms with Gasteiger partial charge in [0, 0.05) is 11.1 Å². The Morgan fingerprint density at radius 2 is 1.63 bits per heavy atom. The molecule has 0 atom stereocenters. The van der Waals surface area contributed by atoms with E-state index >= 15 is 0 Å². The molecule has 0 aliphatic rings. The second-order valence-electron chi connectivity index (χ2n) is 7.29. The first-order valence-corrected chi connectivity index (χ1v) is 10.7. The molecule has 0 bridgehead atoms. The van der Waals surface area contributed by atoms with Gasteiger partial charge in [-0.25, -0.2) is 9.64 Å². The number of benzene rings is 4. The molecule has 10 heteroatoms. The number of anilines is 2. The van der Waals surface area contributed by atoms with Gasteiger partial charge in [0.25, 0.3) is 0 Å². The predicted molar refractivity (Wildman–Crippen MR) is 131 cm³/mol. The topological polar surface area (TPSA) is 54.7 Å². The Balaban J connectivity index is 1.56. The van der Waals surface area contributed by atoms with Crippen LogP contribution in [-0.2, 0) is 6.18 Å². The first-order valence-electron chi connectivity index (χ1n) is 9.96. The third kappa shape index (κ3) is 5.60. The lowest BCUT2D eigenvalue weighted by Gasteiger charge is -2.14. The number of carbonyl (C=O) groups is 1. The van der Waals surface area contributed by atoms with Crippen molar-refractivity contribution >= 4 is 57.1 Å². The maximum absolute atomic E-state index is 13.1. The molecule has 5 nitrogen and oxygen atoms in total. The number of ether oxygens (including phenoxy) is 1. The third-order valence-electron chi connectivity index (χ3n) is 4.91. The highest BCUT2D eigenvalue weighted by Crippen LogP contribution is 2.37. The van der Waals surface area contributed by atoms with Gasteiger partial charge in [-0.1, -0.05) is 47.5 Å². The third-order valence-corrected chi connectivity index (χ3v) is 5.54. The minimum Gasteiger partial charge on any atom is -0.457 e. The monoisotopic (exact) mass is 515 g/mol. The first-order chi connectivity index (χ1) is 16.6. The minimum atomic E-state index is -4.65. The summed E-state index contributed by atoms with van der Waals surface area (Å²) >= 11 is 11.7. The van der Waals surface area contributed by atoms with Crippen LogP contribution in [-0.4, -0.2) is 6.03 Å². The summed E-state index contributed by atoms with van der Waals surface area (Å²) in [7, 11) is 0. The summed E-state index contributed by atoms with van der Waals surface area (Å²) in [6.45, 7) is 7.07. The Morgan fingerprint density at radius 3 is 2.34 bits per heavy atom. The maximum atomic E-state index is 13.1. The Hall–Kier alpha value is -3.93. The molecule has 35 heavy (non-hydrogen) atoms. The molecule has 0 aromatic heterocycles. The zero-order chi connectivity index (χ0) is 25.2. The summed E-state index contributed by atoms with van der Waals surface area (Å²) in [6, 6.07) is 17.5. The zero-order valence-electron chi connectivity index (χ0n) is 17.6. The summed E-state index contributed by atoms with van der Waals surface area (Å²) < 4.78 is 45.1. The molecule has 0 heterocycles. The quantitative estimate of drug-likeness (QED) is 0.266. The van der Waals surface area contributed by atoms with Crippen LogP contribution in [0.1, 0.15) is 5.56 Å². The Bertz CT molecular complexity index is 1480. The lowest BCUT2D eigenvalue weighted by Crippen LogP contribution is -2.20. The molecule has 176 valence electrons. The van der Waals surface area contributed by atoms with Crippen LogP contribution >= 0.6 is 23.2 Å². The fraction of sp³-hybridized carbons (Fsp3) is 0.0400.